The van der Waals surface area contributed by atoms with Crippen LogP contribution in [0.2, 0.25) is 0 Å². The molecule has 0 bridgehead atoms. The quantitative estimate of drug-likeness (QED) is 0.750. The Hall–Kier alpha value is -0.610. The van der Waals surface area contributed by atoms with Gasteiger partial charge >= 0.3 is 0 Å². The van der Waals surface area contributed by atoms with Gasteiger partial charge in [-0.1, -0.05) is 20.3 Å². The summed E-state index contributed by atoms with van der Waals surface area (Å²) in [6, 6.07) is 0.279. The second-order valence-corrected chi connectivity index (χ2v) is 5.56. The number of nitrogens with zero attached hydrogens (tertiary/aromatic N) is 1. The smallest absolute Gasteiger partial charge is 0.234 e. The monoisotopic (exact) mass is 255 g/mol. The number of nitrogens with two attached hydrogens (primary N) is 1. The van der Waals surface area contributed by atoms with Gasteiger partial charge in [0.25, 0.3) is 0 Å². The Balaban J connectivity index is 2.37. The third kappa shape index (κ3) is 4.58. The van der Waals surface area contributed by atoms with E-state index in [1.165, 1.54) is 0 Å². The van der Waals surface area contributed by atoms with Crippen molar-refractivity contribution >= 4 is 5.91 Å². The first-order valence-electron chi connectivity index (χ1n) is 7.32. The van der Waals surface area contributed by atoms with Gasteiger partial charge in [-0.25, -0.2) is 0 Å². The van der Waals surface area contributed by atoms with Gasteiger partial charge in [0.05, 0.1) is 6.54 Å². The van der Waals surface area contributed by atoms with Crippen LogP contribution in [0.15, 0.2) is 0 Å². The molecule has 0 radical (unpaired) electrons. The summed E-state index contributed by atoms with van der Waals surface area (Å²) in [5.41, 5.74) is 5.80. The molecule has 0 saturated carbocycles. The zero-order valence-electron chi connectivity index (χ0n) is 12.1. The number of hydrogen-bond donors (Lipinski definition) is 2. The molecule has 1 aliphatic heterocycles. The summed E-state index contributed by atoms with van der Waals surface area (Å²) in [6.45, 7) is 9.70. The molecule has 0 aromatic heterocycles. The van der Waals surface area contributed by atoms with Gasteiger partial charge in [0.15, 0.2) is 0 Å². The van der Waals surface area contributed by atoms with E-state index in [1.54, 1.807) is 0 Å². The second kappa shape index (κ2) is 7.74. The third-order valence-corrected chi connectivity index (χ3v) is 4.19. The molecule has 1 heterocycles. The van der Waals surface area contributed by atoms with Crippen molar-refractivity contribution in [2.45, 2.75) is 46.1 Å². The fourth-order valence-corrected chi connectivity index (χ4v) is 2.70. The first-order valence-corrected chi connectivity index (χ1v) is 7.32. The van der Waals surface area contributed by atoms with E-state index in [2.05, 4.69) is 24.1 Å². The predicted molar refractivity (Wildman–Crippen MR) is 75.3 cm³/mol. The van der Waals surface area contributed by atoms with Gasteiger partial charge in [-0.05, 0) is 44.7 Å². The largest absolute Gasteiger partial charge is 0.353 e. The van der Waals surface area contributed by atoms with Gasteiger partial charge in [-0.2, -0.15) is 0 Å². The molecule has 0 aromatic carbocycles. The second-order valence-electron chi connectivity index (χ2n) is 5.56. The first-order chi connectivity index (χ1) is 8.60. The first kappa shape index (κ1) is 15.4. The number of rotatable bonds is 6. The lowest BCUT2D eigenvalue weighted by molar-refractivity contribution is -0.123. The minimum Gasteiger partial charge on any atom is -0.353 e. The molecule has 1 fully saturated rings. The molecule has 1 saturated heterocycles. The van der Waals surface area contributed by atoms with Crippen LogP contribution < -0.4 is 11.1 Å². The molecule has 3 unspecified atom stereocenters. The fourth-order valence-electron chi connectivity index (χ4n) is 2.70. The van der Waals surface area contributed by atoms with Crippen LogP contribution in [0.25, 0.3) is 0 Å². The maximum atomic E-state index is 11.8. The summed E-state index contributed by atoms with van der Waals surface area (Å²) in [7, 11) is 0. The van der Waals surface area contributed by atoms with E-state index in [0.29, 0.717) is 18.4 Å². The van der Waals surface area contributed by atoms with E-state index in [4.69, 9.17) is 5.73 Å². The molecule has 4 heteroatoms. The lowest BCUT2D eigenvalue weighted by Gasteiger charge is -2.37. The molecule has 0 aliphatic carbocycles. The lowest BCUT2D eigenvalue weighted by Crippen LogP contribution is -2.47. The van der Waals surface area contributed by atoms with E-state index in [-0.39, 0.29) is 11.9 Å². The highest BCUT2D eigenvalue weighted by molar-refractivity contribution is 5.78. The van der Waals surface area contributed by atoms with E-state index in [9.17, 15) is 4.79 Å². The molecule has 0 spiro atoms. The summed E-state index contributed by atoms with van der Waals surface area (Å²) in [5.74, 6) is 1.45. The fraction of sp³-hybridized carbons (Fsp3) is 0.929. The van der Waals surface area contributed by atoms with Crippen LogP contribution in [0.1, 0.15) is 40.0 Å². The molecule has 1 aliphatic rings. The highest BCUT2D eigenvalue weighted by Crippen LogP contribution is 2.24. The van der Waals surface area contributed by atoms with Crippen molar-refractivity contribution in [3.63, 3.8) is 0 Å². The molecule has 4 nitrogen and oxygen atoms in total. The topological polar surface area (TPSA) is 58.4 Å². The van der Waals surface area contributed by atoms with Crippen LogP contribution in [-0.2, 0) is 4.79 Å². The lowest BCUT2D eigenvalue weighted by atomic mass is 9.84. The van der Waals surface area contributed by atoms with E-state index >= 15 is 0 Å². The van der Waals surface area contributed by atoms with Crippen LogP contribution in [-0.4, -0.2) is 43.0 Å². The molecule has 1 rings (SSSR count). The summed E-state index contributed by atoms with van der Waals surface area (Å²) in [6.07, 6.45) is 3.27. The molecule has 106 valence electrons. The number of hydrogen-bond acceptors (Lipinski definition) is 3. The van der Waals surface area contributed by atoms with Crippen molar-refractivity contribution < 1.29 is 4.79 Å². The average molecular weight is 255 g/mol. The molecule has 18 heavy (non-hydrogen) atoms. The number of likely N-dealkylation sites (tertiary alicyclic amines) is 1. The van der Waals surface area contributed by atoms with Crippen LogP contribution >= 0.6 is 0 Å². The van der Waals surface area contributed by atoms with E-state index < -0.39 is 0 Å². The van der Waals surface area contributed by atoms with Gasteiger partial charge in [-0.15, -0.1) is 0 Å². The van der Waals surface area contributed by atoms with Gasteiger partial charge in [0.2, 0.25) is 5.91 Å². The van der Waals surface area contributed by atoms with Crippen LogP contribution in [0.5, 0.6) is 0 Å². The van der Waals surface area contributed by atoms with Crippen molar-refractivity contribution in [2.75, 3.05) is 26.2 Å². The molecule has 0 aromatic rings. The molecular weight excluding hydrogens is 226 g/mol. The Morgan fingerprint density at radius 2 is 2.17 bits per heavy atom. The van der Waals surface area contributed by atoms with Crippen molar-refractivity contribution in [3.05, 3.63) is 0 Å². The van der Waals surface area contributed by atoms with Crippen LogP contribution in [0, 0.1) is 11.8 Å². The number of amides is 1. The van der Waals surface area contributed by atoms with Gasteiger partial charge in [0.1, 0.15) is 0 Å². The Labute approximate surface area is 111 Å². The molecular formula is C14H29N3O. The molecule has 3 atom stereocenters. The zero-order chi connectivity index (χ0) is 13.5. The van der Waals surface area contributed by atoms with Crippen molar-refractivity contribution in [2.24, 2.45) is 17.6 Å². The number of nitrogens with one attached hydrogen (secondary N) is 1. The Morgan fingerprint density at radius 3 is 2.72 bits per heavy atom. The number of piperidine rings is 1. The van der Waals surface area contributed by atoms with Crippen molar-refractivity contribution in [1.82, 2.24) is 10.2 Å². The van der Waals surface area contributed by atoms with Crippen molar-refractivity contribution in [1.29, 1.82) is 0 Å². The van der Waals surface area contributed by atoms with Gasteiger partial charge < -0.3 is 11.1 Å². The summed E-state index contributed by atoms with van der Waals surface area (Å²) in [5, 5.41) is 3.03. The predicted octanol–water partition coefficient (Wildman–Crippen LogP) is 1.21. The van der Waals surface area contributed by atoms with E-state index in [0.717, 1.165) is 38.9 Å². The Kier molecular flexibility index (Phi) is 6.65. The maximum absolute atomic E-state index is 11.8. The van der Waals surface area contributed by atoms with E-state index in [1.807, 2.05) is 6.92 Å². The average Bonchev–Trinajstić information content (AvgIpc) is 2.38. The Bertz CT molecular complexity index is 257. The third-order valence-electron chi connectivity index (χ3n) is 4.19. The molecule has 1 amide bonds. The maximum Gasteiger partial charge on any atom is 0.234 e. The SMILES string of the molecule is CCC(C)NC(=O)CN1CCC(CN)C(CC)C1. The van der Waals surface area contributed by atoms with Crippen molar-refractivity contribution in [3.8, 4) is 0 Å². The number of carbonyl (C=O) groups is 1. The van der Waals surface area contributed by atoms with Gasteiger partial charge in [0, 0.05) is 12.6 Å². The minimum absolute atomic E-state index is 0.158. The highest BCUT2D eigenvalue weighted by Gasteiger charge is 2.27. The minimum atomic E-state index is 0.158. The summed E-state index contributed by atoms with van der Waals surface area (Å²) in [4.78, 5) is 14.1. The van der Waals surface area contributed by atoms with Gasteiger partial charge in [-0.3, -0.25) is 9.69 Å². The zero-order valence-corrected chi connectivity index (χ0v) is 12.1. The molecule has 3 N–H and O–H groups in total. The number of carbonyl (C=O) groups excluding carboxylic acids is 1. The summed E-state index contributed by atoms with van der Waals surface area (Å²) < 4.78 is 0. The van der Waals surface area contributed by atoms with Crippen LogP contribution in [0.3, 0.4) is 0 Å². The standard InChI is InChI=1S/C14H29N3O/c1-4-11(3)16-14(18)10-17-7-6-13(8-15)12(5-2)9-17/h11-13H,4-10,15H2,1-3H3,(H,16,18). The summed E-state index contributed by atoms with van der Waals surface area (Å²) >= 11 is 0. The van der Waals surface area contributed by atoms with Crippen LogP contribution in [0.4, 0.5) is 0 Å². The highest BCUT2D eigenvalue weighted by atomic mass is 16.2. The Morgan fingerprint density at radius 1 is 1.44 bits per heavy atom. The normalized spacial score (nSPS) is 26.9.